The predicted molar refractivity (Wildman–Crippen MR) is 225 cm³/mol. The van der Waals surface area contributed by atoms with Crippen molar-refractivity contribution in [2.75, 3.05) is 26.2 Å². The maximum absolute atomic E-state index is 13.8. The lowest BCUT2D eigenvalue weighted by atomic mass is 9.98. The van der Waals surface area contributed by atoms with E-state index >= 15 is 0 Å². The number of nitrogens with two attached hydrogens (primary N) is 9. The lowest BCUT2D eigenvalue weighted by molar-refractivity contribution is -0.142. The summed E-state index contributed by atoms with van der Waals surface area (Å²) in [6.45, 7) is 7.26. The van der Waals surface area contributed by atoms with Gasteiger partial charge in [0, 0.05) is 26.2 Å². The van der Waals surface area contributed by atoms with E-state index in [-0.39, 0.29) is 95.0 Å². The number of nitrogens with zero attached hydrogens (tertiary/aromatic N) is 4. The van der Waals surface area contributed by atoms with Gasteiger partial charge in [0.05, 0.1) is 6.04 Å². The number of amides is 5. The van der Waals surface area contributed by atoms with Crippen molar-refractivity contribution in [3.05, 3.63) is 0 Å². The van der Waals surface area contributed by atoms with Crippen molar-refractivity contribution in [2.45, 2.75) is 115 Å². The van der Waals surface area contributed by atoms with Gasteiger partial charge in [-0.15, -0.1) is 0 Å². The third kappa shape index (κ3) is 23.6. The molecule has 0 aromatic carbocycles. The number of aliphatic imine (C=N–C) groups is 4. The highest BCUT2D eigenvalue weighted by Crippen LogP contribution is 2.11. The number of hydrogen-bond acceptors (Lipinski definition) is 11. The number of guanidine groups is 4. The molecule has 0 aromatic rings. The number of aliphatic carboxylic acids is 1. The number of carbonyl (C=O) groups excluding carboxylic acids is 5. The van der Waals surface area contributed by atoms with Crippen LogP contribution in [0.25, 0.3) is 0 Å². The monoisotopic (exact) mass is 841 g/mol. The van der Waals surface area contributed by atoms with Crippen LogP contribution in [0.1, 0.15) is 79.1 Å². The Hall–Kier alpha value is -6.14. The minimum atomic E-state index is -1.34. The minimum Gasteiger partial charge on any atom is -0.480 e. The second-order valence-electron chi connectivity index (χ2n) is 14.4. The van der Waals surface area contributed by atoms with Crippen LogP contribution in [0.5, 0.6) is 0 Å². The van der Waals surface area contributed by atoms with Gasteiger partial charge in [0.15, 0.2) is 23.8 Å². The number of carbonyl (C=O) groups is 6. The van der Waals surface area contributed by atoms with Gasteiger partial charge in [-0.2, -0.15) is 0 Å². The van der Waals surface area contributed by atoms with E-state index in [1.807, 2.05) is 0 Å². The molecule has 24 N–H and O–H groups in total. The fourth-order valence-corrected chi connectivity index (χ4v) is 5.34. The van der Waals surface area contributed by atoms with Crippen LogP contribution in [0.15, 0.2) is 20.0 Å². The maximum atomic E-state index is 13.8. The van der Waals surface area contributed by atoms with E-state index < -0.39 is 83.6 Å². The first kappa shape index (κ1) is 52.9. The molecule has 25 nitrogen and oxygen atoms in total. The molecule has 336 valence electrons. The van der Waals surface area contributed by atoms with Crippen LogP contribution < -0.4 is 78.2 Å². The molecule has 0 aromatic heterocycles. The second-order valence-corrected chi connectivity index (χ2v) is 14.4. The van der Waals surface area contributed by atoms with Crippen LogP contribution in [0, 0.1) is 11.8 Å². The Kier molecular flexibility index (Phi) is 25.3. The molecule has 0 aliphatic carbocycles. The molecule has 59 heavy (non-hydrogen) atoms. The molecular formula is C34H68N18O7. The third-order valence-corrected chi connectivity index (χ3v) is 8.51. The van der Waals surface area contributed by atoms with Crippen molar-refractivity contribution in [3.63, 3.8) is 0 Å². The van der Waals surface area contributed by atoms with Crippen molar-refractivity contribution in [2.24, 2.45) is 83.4 Å². The lowest BCUT2D eigenvalue weighted by Crippen LogP contribution is -2.61. The Balaban J connectivity index is 6.17. The fourth-order valence-electron chi connectivity index (χ4n) is 5.34. The van der Waals surface area contributed by atoms with Gasteiger partial charge in [0.25, 0.3) is 0 Å². The van der Waals surface area contributed by atoms with Crippen LogP contribution in [-0.4, -0.2) is 127 Å². The third-order valence-electron chi connectivity index (χ3n) is 8.51. The molecule has 0 unspecified atom stereocenters. The zero-order chi connectivity index (χ0) is 45.2. The summed E-state index contributed by atoms with van der Waals surface area (Å²) in [6.07, 6.45) is 1.36. The Morgan fingerprint density at radius 1 is 0.441 bits per heavy atom. The van der Waals surface area contributed by atoms with Gasteiger partial charge in [-0.3, -0.25) is 43.9 Å². The van der Waals surface area contributed by atoms with Gasteiger partial charge < -0.3 is 83.3 Å². The SMILES string of the molecule is CC(C)[C@H](NC(=O)[C@H](CCCN=C(N)N)NC(=O)[C@@H](N)CCCN=C(N)N)C(=O)N[C@H](C(=O)N[C@@H](CCCN=C(N)N)C(=O)N[C@@H](CCCN=C(N)N)C(=O)O)C(C)C. The van der Waals surface area contributed by atoms with Crippen molar-refractivity contribution < 1.29 is 33.9 Å². The summed E-state index contributed by atoms with van der Waals surface area (Å²) in [7, 11) is 0. The van der Waals surface area contributed by atoms with Crippen LogP contribution in [0.3, 0.4) is 0 Å². The van der Waals surface area contributed by atoms with Crippen LogP contribution in [-0.2, 0) is 28.8 Å². The summed E-state index contributed by atoms with van der Waals surface area (Å²) in [5.41, 5.74) is 49.0. The van der Waals surface area contributed by atoms with E-state index in [0.717, 1.165) is 0 Å². The zero-order valence-electron chi connectivity index (χ0n) is 34.5. The molecular weight excluding hydrogens is 772 g/mol. The smallest absolute Gasteiger partial charge is 0.326 e. The first-order valence-corrected chi connectivity index (χ1v) is 19.3. The van der Waals surface area contributed by atoms with E-state index in [4.69, 9.17) is 51.6 Å². The lowest BCUT2D eigenvalue weighted by Gasteiger charge is -2.30. The van der Waals surface area contributed by atoms with Crippen molar-refractivity contribution >= 4 is 59.3 Å². The van der Waals surface area contributed by atoms with Gasteiger partial charge in [-0.25, -0.2) is 4.79 Å². The van der Waals surface area contributed by atoms with E-state index in [1.165, 1.54) is 0 Å². The summed E-state index contributed by atoms with van der Waals surface area (Å²) in [4.78, 5) is 95.2. The number of nitrogens with one attached hydrogen (secondary N) is 5. The van der Waals surface area contributed by atoms with Gasteiger partial charge in [0.1, 0.15) is 30.2 Å². The number of carboxylic acids is 1. The first-order valence-electron chi connectivity index (χ1n) is 19.3. The maximum Gasteiger partial charge on any atom is 0.326 e. The zero-order valence-corrected chi connectivity index (χ0v) is 34.5. The molecule has 0 aliphatic rings. The Morgan fingerprint density at radius 2 is 0.729 bits per heavy atom. The highest BCUT2D eigenvalue weighted by molar-refractivity contribution is 5.96. The van der Waals surface area contributed by atoms with Gasteiger partial charge in [-0.05, 0) is 63.2 Å². The van der Waals surface area contributed by atoms with Crippen molar-refractivity contribution in [1.82, 2.24) is 26.6 Å². The average Bonchev–Trinajstić information content (AvgIpc) is 3.13. The molecule has 0 spiro atoms. The van der Waals surface area contributed by atoms with Gasteiger partial charge in [0.2, 0.25) is 29.5 Å². The van der Waals surface area contributed by atoms with Crippen molar-refractivity contribution in [3.8, 4) is 0 Å². The Bertz CT molecular complexity index is 1490. The summed E-state index contributed by atoms with van der Waals surface area (Å²) in [6, 6.07) is -7.19. The first-order chi connectivity index (χ1) is 27.6. The van der Waals surface area contributed by atoms with Crippen LogP contribution >= 0.6 is 0 Å². The molecule has 0 heterocycles. The molecule has 0 fully saturated rings. The van der Waals surface area contributed by atoms with E-state index in [9.17, 15) is 33.9 Å². The Labute approximate surface area is 344 Å². The molecule has 5 amide bonds. The van der Waals surface area contributed by atoms with Crippen LogP contribution in [0.4, 0.5) is 0 Å². The van der Waals surface area contributed by atoms with Gasteiger partial charge >= 0.3 is 5.97 Å². The standard InChI is InChI=1S/C34H68N18O7/c1-17(2)23(28(56)49-20(10-6-14-45-32(38)39)26(54)50-22(30(58)59)12-8-16-47-34(42)43)52-29(57)24(18(3)4)51-27(55)21(11-7-15-46-33(40)41)48-25(53)19(35)9-5-13-44-31(36)37/h17-24H,5-16,35H2,1-4H3,(H,48,53)(H,49,56)(H,50,54)(H,51,55)(H,52,57)(H,58,59)(H4,36,37,44)(H4,38,39,45)(H4,40,41,46)(H4,42,43,47)/t19-,20-,21-,22-,23-,24-/m0/s1. The molecule has 0 rings (SSSR count). The topological polar surface area (TPSA) is 466 Å². The quantitative estimate of drug-likeness (QED) is 0.0190. The summed E-state index contributed by atoms with van der Waals surface area (Å²) >= 11 is 0. The highest BCUT2D eigenvalue weighted by atomic mass is 16.4. The van der Waals surface area contributed by atoms with Gasteiger partial charge in [-0.1, -0.05) is 27.7 Å². The van der Waals surface area contributed by atoms with Crippen LogP contribution in [0.2, 0.25) is 0 Å². The highest BCUT2D eigenvalue weighted by Gasteiger charge is 2.35. The average molecular weight is 841 g/mol. The van der Waals surface area contributed by atoms with E-state index in [1.54, 1.807) is 27.7 Å². The molecule has 0 aliphatic heterocycles. The summed E-state index contributed by atoms with van der Waals surface area (Å²) in [5.74, 6) is -6.62. The molecule has 0 bridgehead atoms. The molecule has 0 radical (unpaired) electrons. The largest absolute Gasteiger partial charge is 0.480 e. The molecule has 6 atom stereocenters. The molecule has 0 saturated heterocycles. The summed E-state index contributed by atoms with van der Waals surface area (Å²) in [5, 5.41) is 22.8. The number of hydrogen-bond donors (Lipinski definition) is 15. The number of rotatable bonds is 29. The fraction of sp³-hybridized carbons (Fsp3) is 0.706. The number of carboxylic acid groups (broad SMARTS) is 1. The predicted octanol–water partition coefficient (Wildman–Crippen LogP) is -5.65. The molecule has 25 heteroatoms. The van der Waals surface area contributed by atoms with E-state index in [2.05, 4.69) is 46.6 Å². The normalized spacial score (nSPS) is 13.9. The van der Waals surface area contributed by atoms with E-state index in [0.29, 0.717) is 6.42 Å². The Morgan fingerprint density at radius 3 is 1.08 bits per heavy atom. The minimum absolute atomic E-state index is 0.00561. The second kappa shape index (κ2) is 28.3. The molecule has 0 saturated carbocycles. The summed E-state index contributed by atoms with van der Waals surface area (Å²) < 4.78 is 0. The van der Waals surface area contributed by atoms with Crippen molar-refractivity contribution in [1.29, 1.82) is 0 Å².